The Bertz CT molecular complexity index is 617. The molecule has 0 spiro atoms. The first kappa shape index (κ1) is 12.2. The number of phenols is 2. The molecule has 0 radical (unpaired) electrons. The zero-order valence-corrected chi connectivity index (χ0v) is 10.6. The lowest BCUT2D eigenvalue weighted by molar-refractivity contribution is 0.0577. The van der Waals surface area contributed by atoms with Crippen molar-refractivity contribution >= 4 is 11.8 Å². The van der Waals surface area contributed by atoms with Crippen LogP contribution in [0, 0.1) is 0 Å². The van der Waals surface area contributed by atoms with Gasteiger partial charge in [0.05, 0.1) is 4.90 Å². The normalized spacial score (nSPS) is 21.5. The number of halogens is 1. The summed E-state index contributed by atoms with van der Waals surface area (Å²) in [5.74, 6) is 0.625. The molecule has 2 unspecified atom stereocenters. The second-order valence-corrected chi connectivity index (χ2v) is 5.42. The summed E-state index contributed by atoms with van der Waals surface area (Å²) in [6.45, 7) is 0. The molecule has 0 saturated heterocycles. The van der Waals surface area contributed by atoms with Crippen LogP contribution in [-0.2, 0) is 0 Å². The van der Waals surface area contributed by atoms with Crippen LogP contribution in [0.3, 0.4) is 0 Å². The maximum atomic E-state index is 14.1. The van der Waals surface area contributed by atoms with E-state index in [4.69, 9.17) is 4.74 Å². The molecule has 2 aromatic rings. The van der Waals surface area contributed by atoms with Gasteiger partial charge in [0.25, 0.3) is 6.36 Å². The number of ether oxygens (including phenoxy) is 1. The number of alkyl halides is 1. The first-order chi connectivity index (χ1) is 9.13. The molecule has 0 fully saturated rings. The summed E-state index contributed by atoms with van der Waals surface area (Å²) in [6.07, 6.45) is -1.50. The molecule has 3 rings (SSSR count). The number of rotatable bonds is 1. The van der Waals surface area contributed by atoms with Crippen LogP contribution in [0.4, 0.5) is 4.39 Å². The van der Waals surface area contributed by atoms with Crippen molar-refractivity contribution in [2.45, 2.75) is 16.5 Å². The van der Waals surface area contributed by atoms with Crippen LogP contribution in [0.1, 0.15) is 10.8 Å². The molecule has 1 heterocycles. The Morgan fingerprint density at radius 3 is 2.63 bits per heavy atom. The van der Waals surface area contributed by atoms with Gasteiger partial charge in [0, 0.05) is 0 Å². The third kappa shape index (κ3) is 2.33. The Kier molecular flexibility index (Phi) is 2.98. The van der Waals surface area contributed by atoms with Gasteiger partial charge in [-0.05, 0) is 35.9 Å². The molecule has 1 aliphatic rings. The van der Waals surface area contributed by atoms with E-state index in [0.29, 0.717) is 16.2 Å². The van der Waals surface area contributed by atoms with Gasteiger partial charge in [0.2, 0.25) is 0 Å². The SMILES string of the molecule is Oc1cccc(C2Sc3cc(O)ccc3OC2F)c1. The predicted molar refractivity (Wildman–Crippen MR) is 70.3 cm³/mol. The number of fused-ring (bicyclic) bond motifs is 1. The van der Waals surface area contributed by atoms with E-state index in [2.05, 4.69) is 0 Å². The van der Waals surface area contributed by atoms with Crippen molar-refractivity contribution in [3.05, 3.63) is 48.0 Å². The number of hydrogen-bond donors (Lipinski definition) is 2. The Morgan fingerprint density at radius 1 is 1.05 bits per heavy atom. The number of phenolic OH excluding ortho intramolecular Hbond substituents is 2. The number of aromatic hydroxyl groups is 2. The van der Waals surface area contributed by atoms with Crippen molar-refractivity contribution in [3.63, 3.8) is 0 Å². The van der Waals surface area contributed by atoms with E-state index in [9.17, 15) is 14.6 Å². The van der Waals surface area contributed by atoms with E-state index in [-0.39, 0.29) is 11.5 Å². The van der Waals surface area contributed by atoms with Gasteiger partial charge >= 0.3 is 0 Å². The Balaban J connectivity index is 1.97. The van der Waals surface area contributed by atoms with Crippen LogP contribution in [0.25, 0.3) is 0 Å². The topological polar surface area (TPSA) is 49.7 Å². The van der Waals surface area contributed by atoms with E-state index in [1.807, 2.05) is 0 Å². The lowest BCUT2D eigenvalue weighted by Crippen LogP contribution is -2.22. The number of hydrogen-bond acceptors (Lipinski definition) is 4. The standard InChI is InChI=1S/C14H11FO3S/c15-14-13(8-2-1-3-9(16)6-8)19-12-7-10(17)4-5-11(12)18-14/h1-7,13-14,16-17H. The van der Waals surface area contributed by atoms with Crippen LogP contribution in [0.2, 0.25) is 0 Å². The molecular formula is C14H11FO3S. The molecule has 1 aliphatic heterocycles. The Hall–Kier alpha value is -1.88. The minimum absolute atomic E-state index is 0.0898. The van der Waals surface area contributed by atoms with Crippen LogP contribution in [0.15, 0.2) is 47.4 Å². The summed E-state index contributed by atoms with van der Waals surface area (Å²) in [5, 5.41) is 18.3. The second-order valence-electron chi connectivity index (χ2n) is 4.23. The fourth-order valence-corrected chi connectivity index (χ4v) is 3.12. The summed E-state index contributed by atoms with van der Waals surface area (Å²) < 4.78 is 19.3. The van der Waals surface area contributed by atoms with Gasteiger partial charge in [-0.15, -0.1) is 11.8 Å². The first-order valence-electron chi connectivity index (χ1n) is 5.73. The molecule has 0 aromatic heterocycles. The molecule has 0 saturated carbocycles. The van der Waals surface area contributed by atoms with Crippen LogP contribution in [-0.4, -0.2) is 16.6 Å². The molecule has 0 amide bonds. The summed E-state index contributed by atoms with van der Waals surface area (Å²) in [4.78, 5) is 0.683. The molecule has 0 aliphatic carbocycles. The highest BCUT2D eigenvalue weighted by molar-refractivity contribution is 7.99. The van der Waals surface area contributed by atoms with Gasteiger partial charge in [0.15, 0.2) is 0 Å². The zero-order chi connectivity index (χ0) is 13.4. The highest BCUT2D eigenvalue weighted by Crippen LogP contribution is 2.49. The van der Waals surface area contributed by atoms with E-state index in [0.717, 1.165) is 0 Å². The van der Waals surface area contributed by atoms with Gasteiger partial charge in [-0.1, -0.05) is 12.1 Å². The fourth-order valence-electron chi connectivity index (χ4n) is 1.98. The largest absolute Gasteiger partial charge is 0.508 e. The van der Waals surface area contributed by atoms with Gasteiger partial charge in [0.1, 0.15) is 22.5 Å². The second kappa shape index (κ2) is 4.66. The van der Waals surface area contributed by atoms with Gasteiger partial charge in [-0.3, -0.25) is 0 Å². The minimum Gasteiger partial charge on any atom is -0.508 e. The van der Waals surface area contributed by atoms with Crippen molar-refractivity contribution in [1.29, 1.82) is 0 Å². The van der Waals surface area contributed by atoms with Crippen molar-refractivity contribution < 1.29 is 19.3 Å². The van der Waals surface area contributed by atoms with Crippen LogP contribution >= 0.6 is 11.8 Å². The van der Waals surface area contributed by atoms with Crippen molar-refractivity contribution in [2.75, 3.05) is 0 Å². The average molecular weight is 278 g/mol. The van der Waals surface area contributed by atoms with Gasteiger partial charge in [-0.2, -0.15) is 0 Å². The summed E-state index contributed by atoms with van der Waals surface area (Å²) in [5.41, 5.74) is 0.645. The molecular weight excluding hydrogens is 267 g/mol. The highest BCUT2D eigenvalue weighted by atomic mass is 32.2. The Morgan fingerprint density at radius 2 is 1.84 bits per heavy atom. The zero-order valence-electron chi connectivity index (χ0n) is 9.79. The summed E-state index contributed by atoms with van der Waals surface area (Å²) >= 11 is 1.27. The predicted octanol–water partition coefficient (Wildman–Crippen LogP) is 3.62. The fraction of sp³-hybridized carbons (Fsp3) is 0.143. The molecule has 98 valence electrons. The van der Waals surface area contributed by atoms with Crippen LogP contribution < -0.4 is 4.74 Å². The summed E-state index contributed by atoms with van der Waals surface area (Å²) in [6, 6.07) is 11.0. The molecule has 3 nitrogen and oxygen atoms in total. The molecule has 2 atom stereocenters. The minimum atomic E-state index is -1.50. The quantitative estimate of drug-likeness (QED) is 0.836. The third-order valence-corrected chi connectivity index (χ3v) is 4.17. The first-order valence-corrected chi connectivity index (χ1v) is 6.61. The van der Waals surface area contributed by atoms with Crippen LogP contribution in [0.5, 0.6) is 17.2 Å². The maximum Gasteiger partial charge on any atom is 0.254 e. The van der Waals surface area contributed by atoms with E-state index < -0.39 is 11.6 Å². The number of thioether (sulfide) groups is 1. The Labute approximate surface area is 113 Å². The summed E-state index contributed by atoms with van der Waals surface area (Å²) in [7, 11) is 0. The molecule has 2 N–H and O–H groups in total. The highest BCUT2D eigenvalue weighted by Gasteiger charge is 2.32. The monoisotopic (exact) mass is 278 g/mol. The molecule has 0 bridgehead atoms. The van der Waals surface area contributed by atoms with Crippen molar-refractivity contribution in [1.82, 2.24) is 0 Å². The lowest BCUT2D eigenvalue weighted by Gasteiger charge is -2.28. The van der Waals surface area contributed by atoms with Crippen molar-refractivity contribution in [2.24, 2.45) is 0 Å². The van der Waals surface area contributed by atoms with E-state index in [1.54, 1.807) is 24.3 Å². The molecule has 5 heteroatoms. The van der Waals surface area contributed by atoms with Crippen molar-refractivity contribution in [3.8, 4) is 17.2 Å². The number of benzene rings is 2. The maximum absolute atomic E-state index is 14.1. The molecule has 19 heavy (non-hydrogen) atoms. The third-order valence-electron chi connectivity index (χ3n) is 2.86. The van der Waals surface area contributed by atoms with Gasteiger partial charge in [-0.25, -0.2) is 4.39 Å². The molecule has 2 aromatic carbocycles. The van der Waals surface area contributed by atoms with E-state index in [1.165, 1.54) is 30.0 Å². The average Bonchev–Trinajstić information content (AvgIpc) is 2.38. The smallest absolute Gasteiger partial charge is 0.254 e. The van der Waals surface area contributed by atoms with E-state index >= 15 is 0 Å². The van der Waals surface area contributed by atoms with Gasteiger partial charge < -0.3 is 14.9 Å². The lowest BCUT2D eigenvalue weighted by atomic mass is 10.1.